The van der Waals surface area contributed by atoms with Gasteiger partial charge in [0, 0.05) is 35.7 Å². The lowest BCUT2D eigenvalue weighted by Crippen LogP contribution is -2.60. The molecule has 102 valence electrons. The fourth-order valence-electron chi connectivity index (χ4n) is 2.85. The molecule has 0 aliphatic heterocycles. The van der Waals surface area contributed by atoms with Crippen LogP contribution in [0.3, 0.4) is 0 Å². The molecule has 2 unspecified atom stereocenters. The smallest absolute Gasteiger partial charge is 0.180 e. The van der Waals surface area contributed by atoms with Gasteiger partial charge in [0.1, 0.15) is 0 Å². The van der Waals surface area contributed by atoms with Gasteiger partial charge in [0.25, 0.3) is 0 Å². The van der Waals surface area contributed by atoms with Crippen LogP contribution in [0.2, 0.25) is 0 Å². The van der Waals surface area contributed by atoms with Crippen molar-refractivity contribution in [1.29, 1.82) is 0 Å². The summed E-state index contributed by atoms with van der Waals surface area (Å²) in [5, 5.41) is 0.651. The first-order valence-electron chi connectivity index (χ1n) is 6.47. The molecule has 2 N–H and O–H groups in total. The van der Waals surface area contributed by atoms with E-state index in [1.54, 1.807) is 11.3 Å². The van der Waals surface area contributed by atoms with E-state index in [0.717, 1.165) is 19.6 Å². The topological polar surface area (TPSA) is 51.4 Å². The zero-order valence-corrected chi connectivity index (χ0v) is 12.5. The molecule has 0 radical (unpaired) electrons. The van der Waals surface area contributed by atoms with Crippen LogP contribution in [0.1, 0.15) is 32.1 Å². The molecule has 1 saturated carbocycles. The van der Waals surface area contributed by atoms with Crippen molar-refractivity contribution in [1.82, 2.24) is 9.88 Å². The fraction of sp³-hybridized carbons (Fsp3) is 0.769. The van der Waals surface area contributed by atoms with Crippen molar-refractivity contribution in [2.45, 2.75) is 45.9 Å². The predicted octanol–water partition coefficient (Wildman–Crippen LogP) is 2.36. The third-order valence-electron chi connectivity index (χ3n) is 4.00. The number of ether oxygens (including phenoxy) is 1. The van der Waals surface area contributed by atoms with E-state index in [9.17, 15) is 0 Å². The molecule has 1 aromatic rings. The Balaban J connectivity index is 1.93. The molecular weight excluding hydrogens is 246 g/mol. The summed E-state index contributed by atoms with van der Waals surface area (Å²) in [6.07, 6.45) is 3.38. The van der Waals surface area contributed by atoms with Gasteiger partial charge in [0.15, 0.2) is 5.13 Å². The van der Waals surface area contributed by atoms with Crippen molar-refractivity contribution in [3.05, 3.63) is 11.1 Å². The number of hydrogen-bond acceptors (Lipinski definition) is 5. The van der Waals surface area contributed by atoms with Gasteiger partial charge in [-0.25, -0.2) is 4.98 Å². The summed E-state index contributed by atoms with van der Waals surface area (Å²) in [6.45, 7) is 8.36. The number of thiazole rings is 1. The minimum absolute atomic E-state index is 0.223. The maximum Gasteiger partial charge on any atom is 0.180 e. The third-order valence-corrected chi connectivity index (χ3v) is 4.81. The molecule has 2 rings (SSSR count). The van der Waals surface area contributed by atoms with E-state index in [1.807, 2.05) is 6.20 Å². The standard InChI is InChI=1S/C13H23N3OS/c1-5-17-11-6-10(13(11,2)3)16(4)8-9-7-15-12(14)18-9/h7,10-11H,5-6,8H2,1-4H3,(H2,14,15). The van der Waals surface area contributed by atoms with Crippen molar-refractivity contribution < 1.29 is 4.74 Å². The molecule has 1 aliphatic rings. The second-order valence-corrected chi connectivity index (χ2v) is 6.74. The molecule has 4 nitrogen and oxygen atoms in total. The van der Waals surface area contributed by atoms with Crippen molar-refractivity contribution >= 4 is 16.5 Å². The van der Waals surface area contributed by atoms with Crippen LogP contribution >= 0.6 is 11.3 Å². The van der Waals surface area contributed by atoms with Gasteiger partial charge < -0.3 is 10.5 Å². The fourth-order valence-corrected chi connectivity index (χ4v) is 3.60. The number of nitrogen functional groups attached to an aromatic ring is 1. The number of rotatable bonds is 5. The van der Waals surface area contributed by atoms with Gasteiger partial charge in [-0.05, 0) is 20.4 Å². The van der Waals surface area contributed by atoms with Crippen LogP contribution in [0.4, 0.5) is 5.13 Å². The second-order valence-electron chi connectivity index (χ2n) is 5.60. The minimum Gasteiger partial charge on any atom is -0.378 e. The van der Waals surface area contributed by atoms with E-state index in [2.05, 4.69) is 37.7 Å². The first-order chi connectivity index (χ1) is 8.45. The van der Waals surface area contributed by atoms with Crippen molar-refractivity contribution in [3.8, 4) is 0 Å². The van der Waals surface area contributed by atoms with Crippen LogP contribution in [-0.2, 0) is 11.3 Å². The van der Waals surface area contributed by atoms with Gasteiger partial charge in [-0.3, -0.25) is 4.90 Å². The molecule has 0 saturated heterocycles. The van der Waals surface area contributed by atoms with Gasteiger partial charge in [-0.1, -0.05) is 13.8 Å². The summed E-state index contributed by atoms with van der Waals surface area (Å²) in [4.78, 5) is 7.72. The van der Waals surface area contributed by atoms with Gasteiger partial charge in [0.2, 0.25) is 0 Å². The van der Waals surface area contributed by atoms with E-state index >= 15 is 0 Å². The van der Waals surface area contributed by atoms with Crippen LogP contribution in [0.15, 0.2) is 6.20 Å². The summed E-state index contributed by atoms with van der Waals surface area (Å²) in [5.41, 5.74) is 5.88. The molecule has 0 spiro atoms. The molecule has 1 fully saturated rings. The molecule has 1 heterocycles. The zero-order valence-electron chi connectivity index (χ0n) is 11.6. The predicted molar refractivity (Wildman–Crippen MR) is 75.6 cm³/mol. The highest BCUT2D eigenvalue weighted by Crippen LogP contribution is 2.45. The van der Waals surface area contributed by atoms with Crippen molar-refractivity contribution in [2.75, 3.05) is 19.4 Å². The van der Waals surface area contributed by atoms with Gasteiger partial charge in [-0.2, -0.15) is 0 Å². The van der Waals surface area contributed by atoms with E-state index < -0.39 is 0 Å². The molecule has 1 aliphatic carbocycles. The lowest BCUT2D eigenvalue weighted by Gasteiger charge is -2.55. The highest BCUT2D eigenvalue weighted by molar-refractivity contribution is 7.15. The largest absolute Gasteiger partial charge is 0.378 e. The Hall–Kier alpha value is -0.650. The quantitative estimate of drug-likeness (QED) is 0.891. The molecule has 1 aromatic heterocycles. The van der Waals surface area contributed by atoms with E-state index in [1.165, 1.54) is 4.88 Å². The van der Waals surface area contributed by atoms with Gasteiger partial charge in [0.05, 0.1) is 6.10 Å². The lowest BCUT2D eigenvalue weighted by molar-refractivity contribution is -0.146. The molecule has 18 heavy (non-hydrogen) atoms. The average molecular weight is 269 g/mol. The minimum atomic E-state index is 0.223. The van der Waals surface area contributed by atoms with E-state index in [4.69, 9.17) is 10.5 Å². The molecular formula is C13H23N3OS. The van der Waals surface area contributed by atoms with E-state index in [-0.39, 0.29) is 5.41 Å². The first kappa shape index (κ1) is 13.8. The lowest BCUT2D eigenvalue weighted by atomic mass is 9.64. The SMILES string of the molecule is CCOC1CC(N(C)Cc2cnc(N)s2)C1(C)C. The van der Waals surface area contributed by atoms with Gasteiger partial charge >= 0.3 is 0 Å². The Kier molecular flexibility index (Phi) is 3.94. The Morgan fingerprint density at radius 2 is 2.33 bits per heavy atom. The maximum atomic E-state index is 5.77. The van der Waals surface area contributed by atoms with Crippen molar-refractivity contribution in [3.63, 3.8) is 0 Å². The zero-order chi connectivity index (χ0) is 13.3. The first-order valence-corrected chi connectivity index (χ1v) is 7.28. The summed E-state index contributed by atoms with van der Waals surface area (Å²) in [5.74, 6) is 0. The Morgan fingerprint density at radius 1 is 1.61 bits per heavy atom. The van der Waals surface area contributed by atoms with Crippen LogP contribution in [0.5, 0.6) is 0 Å². The summed E-state index contributed by atoms with van der Waals surface area (Å²) >= 11 is 1.57. The normalized spacial score (nSPS) is 26.3. The number of hydrogen-bond donors (Lipinski definition) is 1. The van der Waals surface area contributed by atoms with Crippen LogP contribution in [-0.4, -0.2) is 35.7 Å². The Labute approximate surface area is 113 Å². The second kappa shape index (κ2) is 5.15. The summed E-state index contributed by atoms with van der Waals surface area (Å²) < 4.78 is 5.77. The highest BCUT2D eigenvalue weighted by Gasteiger charge is 2.50. The highest BCUT2D eigenvalue weighted by atomic mass is 32.1. The van der Waals surface area contributed by atoms with Crippen LogP contribution in [0.25, 0.3) is 0 Å². The summed E-state index contributed by atoms with van der Waals surface area (Å²) in [7, 11) is 2.17. The number of anilines is 1. The number of nitrogens with zero attached hydrogens (tertiary/aromatic N) is 2. The van der Waals surface area contributed by atoms with Crippen LogP contribution in [0, 0.1) is 5.41 Å². The average Bonchev–Trinajstić information content (AvgIpc) is 2.69. The molecule has 0 bridgehead atoms. The third kappa shape index (κ3) is 2.53. The Bertz CT molecular complexity index is 405. The van der Waals surface area contributed by atoms with Crippen LogP contribution < -0.4 is 5.73 Å². The monoisotopic (exact) mass is 269 g/mol. The van der Waals surface area contributed by atoms with Crippen molar-refractivity contribution in [2.24, 2.45) is 5.41 Å². The summed E-state index contributed by atoms with van der Waals surface area (Å²) in [6, 6.07) is 0.567. The number of aromatic nitrogens is 1. The maximum absolute atomic E-state index is 5.77. The Morgan fingerprint density at radius 3 is 2.83 bits per heavy atom. The molecule has 0 aromatic carbocycles. The molecule has 5 heteroatoms. The van der Waals surface area contributed by atoms with E-state index in [0.29, 0.717) is 17.3 Å². The van der Waals surface area contributed by atoms with Gasteiger partial charge in [-0.15, -0.1) is 11.3 Å². The molecule has 0 amide bonds. The number of nitrogens with two attached hydrogens (primary N) is 1. The molecule has 2 atom stereocenters.